The number of hydroxylamine groups is 2. The van der Waals surface area contributed by atoms with Crippen LogP contribution < -0.4 is 0 Å². The molecule has 0 N–H and O–H groups in total. The van der Waals surface area contributed by atoms with E-state index in [1.54, 1.807) is 6.26 Å². The van der Waals surface area contributed by atoms with Gasteiger partial charge in [-0.2, -0.15) is 0 Å². The highest BCUT2D eigenvalue weighted by molar-refractivity contribution is 6.30. The van der Waals surface area contributed by atoms with E-state index in [-0.39, 0.29) is 11.6 Å². The summed E-state index contributed by atoms with van der Waals surface area (Å²) in [6, 6.07) is 0.166. The minimum Gasteiger partial charge on any atom is -0.411 e. The van der Waals surface area contributed by atoms with E-state index >= 15 is 0 Å². The predicted molar refractivity (Wildman–Crippen MR) is 55.2 cm³/mol. The Morgan fingerprint density at radius 2 is 2.08 bits per heavy atom. The molecule has 0 saturated carbocycles. The Kier molecular flexibility index (Phi) is 2.93. The molecule has 0 spiro atoms. The van der Waals surface area contributed by atoms with E-state index in [1.807, 2.05) is 5.06 Å². The first-order chi connectivity index (χ1) is 5.87. The molecule has 1 heterocycles. The molecule has 0 saturated heterocycles. The lowest BCUT2D eigenvalue weighted by Crippen LogP contribution is -2.49. The van der Waals surface area contributed by atoms with E-state index in [0.717, 1.165) is 5.03 Å². The van der Waals surface area contributed by atoms with Gasteiger partial charge in [-0.05, 0) is 26.7 Å². The summed E-state index contributed by atoms with van der Waals surface area (Å²) in [7, 11) is 0. The Balaban J connectivity index is 2.76. The van der Waals surface area contributed by atoms with Crippen LogP contribution in [0.2, 0.25) is 0 Å². The number of rotatable bonds is 2. The fraction of sp³-hybridized carbons (Fsp3) is 0.800. The van der Waals surface area contributed by atoms with Gasteiger partial charge in [0.05, 0.1) is 16.6 Å². The van der Waals surface area contributed by atoms with Crippen molar-refractivity contribution in [3.8, 4) is 0 Å². The summed E-state index contributed by atoms with van der Waals surface area (Å²) >= 11 is 5.96. The summed E-state index contributed by atoms with van der Waals surface area (Å²) < 4.78 is 0. The maximum absolute atomic E-state index is 5.96. The van der Waals surface area contributed by atoms with Crippen molar-refractivity contribution in [2.75, 3.05) is 0 Å². The van der Waals surface area contributed by atoms with Crippen molar-refractivity contribution in [3.05, 3.63) is 11.3 Å². The summed E-state index contributed by atoms with van der Waals surface area (Å²) in [4.78, 5) is 5.44. The number of nitrogens with zero attached hydrogens (tertiary/aromatic N) is 1. The minimum atomic E-state index is 0.00650. The molecule has 1 atom stereocenters. The lowest BCUT2D eigenvalue weighted by atomic mass is 9.89. The van der Waals surface area contributed by atoms with Crippen molar-refractivity contribution < 1.29 is 4.84 Å². The molecule has 1 aliphatic heterocycles. The van der Waals surface area contributed by atoms with Gasteiger partial charge in [0.1, 0.15) is 6.26 Å². The Morgan fingerprint density at radius 3 is 2.38 bits per heavy atom. The number of hydrogen-bond acceptors (Lipinski definition) is 2. The Morgan fingerprint density at radius 1 is 1.54 bits per heavy atom. The predicted octanol–water partition coefficient (Wildman–Crippen LogP) is 3.14. The van der Waals surface area contributed by atoms with Gasteiger partial charge in [-0.25, -0.2) is 0 Å². The first kappa shape index (κ1) is 10.9. The molecular formula is C10H18ClNO. The average molecular weight is 204 g/mol. The third-order valence-electron chi connectivity index (χ3n) is 3.01. The molecule has 0 aromatic carbocycles. The van der Waals surface area contributed by atoms with Gasteiger partial charge in [0.15, 0.2) is 0 Å². The zero-order valence-corrected chi connectivity index (χ0v) is 9.72. The second kappa shape index (κ2) is 3.50. The van der Waals surface area contributed by atoms with Gasteiger partial charge < -0.3 is 4.84 Å². The van der Waals surface area contributed by atoms with E-state index in [0.29, 0.717) is 5.92 Å². The molecule has 1 unspecified atom stereocenters. The van der Waals surface area contributed by atoms with Gasteiger partial charge in [-0.15, -0.1) is 5.06 Å². The molecule has 3 heteroatoms. The highest BCUT2D eigenvalue weighted by atomic mass is 35.5. The summed E-state index contributed by atoms with van der Waals surface area (Å²) in [6.07, 6.45) is 1.62. The fourth-order valence-electron chi connectivity index (χ4n) is 1.30. The maximum atomic E-state index is 5.96. The number of hydrogen-bond donors (Lipinski definition) is 0. The van der Waals surface area contributed by atoms with Crippen LogP contribution in [0.3, 0.4) is 0 Å². The third kappa shape index (κ3) is 1.84. The van der Waals surface area contributed by atoms with Crippen LogP contribution in [0.4, 0.5) is 0 Å². The molecule has 1 aliphatic rings. The quantitative estimate of drug-likeness (QED) is 0.684. The first-order valence-corrected chi connectivity index (χ1v) is 5.07. The molecule has 1 rings (SSSR count). The van der Waals surface area contributed by atoms with Gasteiger partial charge >= 0.3 is 0 Å². The summed E-state index contributed by atoms with van der Waals surface area (Å²) in [6.45, 7) is 10.7. The van der Waals surface area contributed by atoms with E-state index in [2.05, 4.69) is 34.6 Å². The van der Waals surface area contributed by atoms with Crippen molar-refractivity contribution in [1.29, 1.82) is 0 Å². The third-order valence-corrected chi connectivity index (χ3v) is 3.42. The van der Waals surface area contributed by atoms with Crippen molar-refractivity contribution in [2.45, 2.75) is 46.2 Å². The summed E-state index contributed by atoms with van der Waals surface area (Å²) in [5.41, 5.74) is 0.00650. The smallest absolute Gasteiger partial charge is 0.127 e. The van der Waals surface area contributed by atoms with E-state index < -0.39 is 0 Å². The SMILES string of the molecule is CC1C(Cl)=CON1C(C)(C)C(C)C. The number of halogens is 1. The van der Waals surface area contributed by atoms with Gasteiger partial charge in [-0.3, -0.25) is 0 Å². The lowest BCUT2D eigenvalue weighted by molar-refractivity contribution is -0.182. The maximum Gasteiger partial charge on any atom is 0.127 e. The molecule has 0 fully saturated rings. The van der Waals surface area contributed by atoms with Crippen LogP contribution in [-0.4, -0.2) is 16.6 Å². The molecule has 13 heavy (non-hydrogen) atoms. The van der Waals surface area contributed by atoms with Crippen molar-refractivity contribution >= 4 is 11.6 Å². The summed E-state index contributed by atoms with van der Waals surface area (Å²) in [5, 5.41) is 2.73. The van der Waals surface area contributed by atoms with Crippen LogP contribution in [0.5, 0.6) is 0 Å². The molecule has 0 amide bonds. The zero-order chi connectivity index (χ0) is 10.2. The van der Waals surface area contributed by atoms with Gasteiger partial charge in [0, 0.05) is 0 Å². The van der Waals surface area contributed by atoms with Crippen LogP contribution in [0.25, 0.3) is 0 Å². The van der Waals surface area contributed by atoms with Gasteiger partial charge in [0.2, 0.25) is 0 Å². The Hall–Kier alpha value is -0.210. The van der Waals surface area contributed by atoms with Crippen LogP contribution in [-0.2, 0) is 4.84 Å². The molecule has 0 aromatic rings. The van der Waals surface area contributed by atoms with Crippen LogP contribution in [0.15, 0.2) is 11.3 Å². The van der Waals surface area contributed by atoms with Gasteiger partial charge in [0.25, 0.3) is 0 Å². The van der Waals surface area contributed by atoms with E-state index in [9.17, 15) is 0 Å². The van der Waals surface area contributed by atoms with E-state index in [1.165, 1.54) is 0 Å². The Bertz CT molecular complexity index is 223. The molecule has 0 aromatic heterocycles. The fourth-order valence-corrected chi connectivity index (χ4v) is 1.43. The molecule has 0 bridgehead atoms. The second-order valence-corrected chi connectivity index (χ2v) is 4.85. The molecule has 76 valence electrons. The van der Waals surface area contributed by atoms with Crippen molar-refractivity contribution in [2.24, 2.45) is 5.92 Å². The Labute approximate surface area is 85.5 Å². The summed E-state index contributed by atoms with van der Waals surface area (Å²) in [5.74, 6) is 0.519. The normalized spacial score (nSPS) is 24.8. The monoisotopic (exact) mass is 203 g/mol. The minimum absolute atomic E-state index is 0.00650. The van der Waals surface area contributed by atoms with Crippen LogP contribution in [0, 0.1) is 5.92 Å². The topological polar surface area (TPSA) is 12.5 Å². The van der Waals surface area contributed by atoms with Gasteiger partial charge in [-0.1, -0.05) is 25.4 Å². The molecule has 0 radical (unpaired) electrons. The average Bonchev–Trinajstić information content (AvgIpc) is 2.33. The van der Waals surface area contributed by atoms with Crippen molar-refractivity contribution in [1.82, 2.24) is 5.06 Å². The van der Waals surface area contributed by atoms with Crippen LogP contribution >= 0.6 is 11.6 Å². The lowest BCUT2D eigenvalue weighted by Gasteiger charge is -2.39. The van der Waals surface area contributed by atoms with Crippen LogP contribution in [0.1, 0.15) is 34.6 Å². The highest BCUT2D eigenvalue weighted by Gasteiger charge is 2.39. The molecular weight excluding hydrogens is 186 g/mol. The zero-order valence-electron chi connectivity index (χ0n) is 8.97. The standard InChI is InChI=1S/C10H18ClNO/c1-7(2)10(4,5)12-8(3)9(11)6-13-12/h6-8H,1-5H3. The van der Waals surface area contributed by atoms with E-state index in [4.69, 9.17) is 16.4 Å². The molecule has 2 nitrogen and oxygen atoms in total. The molecule has 0 aliphatic carbocycles. The first-order valence-electron chi connectivity index (χ1n) is 4.69. The second-order valence-electron chi connectivity index (χ2n) is 4.42. The largest absolute Gasteiger partial charge is 0.411 e. The highest BCUT2D eigenvalue weighted by Crippen LogP contribution is 2.33. The van der Waals surface area contributed by atoms with Crippen molar-refractivity contribution in [3.63, 3.8) is 0 Å².